The molecule has 0 unspecified atom stereocenters. The topological polar surface area (TPSA) is 83.6 Å². The van der Waals surface area contributed by atoms with Gasteiger partial charge >= 0.3 is 0 Å². The van der Waals surface area contributed by atoms with Crippen LogP contribution in [0.3, 0.4) is 0 Å². The number of nitrogens with one attached hydrogen (secondary N) is 2. The van der Waals surface area contributed by atoms with Gasteiger partial charge < -0.3 is 5.32 Å². The van der Waals surface area contributed by atoms with Crippen LogP contribution in [0.1, 0.15) is 10.5 Å². The third-order valence-corrected chi connectivity index (χ3v) is 5.46. The first-order chi connectivity index (χ1) is 13.3. The van der Waals surface area contributed by atoms with E-state index in [-0.39, 0.29) is 5.91 Å². The summed E-state index contributed by atoms with van der Waals surface area (Å²) in [6.07, 6.45) is 4.66. The van der Waals surface area contributed by atoms with E-state index in [2.05, 4.69) is 43.7 Å². The highest BCUT2D eigenvalue weighted by atomic mass is 32.1. The average molecular weight is 371 g/mol. The van der Waals surface area contributed by atoms with Gasteiger partial charge in [-0.1, -0.05) is 18.2 Å². The fourth-order valence-corrected chi connectivity index (χ4v) is 4.14. The Bertz CT molecular complexity index is 1240. The van der Waals surface area contributed by atoms with Crippen LogP contribution in [-0.4, -0.2) is 26.1 Å². The number of thiophene rings is 1. The number of carbonyl (C=O) groups is 1. The lowest BCUT2D eigenvalue weighted by molar-refractivity contribution is 0.102. The molecule has 2 N–H and O–H groups in total. The number of aromatic nitrogens is 4. The molecule has 0 spiro atoms. The SMILES string of the molecule is O=C(Nc1cc(-c2cc3ccccc3s2)c2[nH]ncc2c1)c1ccncn1. The molecule has 130 valence electrons. The molecule has 5 aromatic rings. The van der Waals surface area contributed by atoms with Gasteiger partial charge in [-0.25, -0.2) is 9.97 Å². The maximum atomic E-state index is 12.5. The largest absolute Gasteiger partial charge is 0.321 e. The van der Waals surface area contributed by atoms with Crippen molar-refractivity contribution in [2.45, 2.75) is 0 Å². The van der Waals surface area contributed by atoms with Gasteiger partial charge in [-0.15, -0.1) is 11.3 Å². The van der Waals surface area contributed by atoms with Crippen LogP contribution >= 0.6 is 11.3 Å². The molecular formula is C20H13N5OS. The van der Waals surface area contributed by atoms with E-state index in [0.717, 1.165) is 21.3 Å². The number of rotatable bonds is 3. The van der Waals surface area contributed by atoms with Crippen LogP contribution < -0.4 is 5.32 Å². The smallest absolute Gasteiger partial charge is 0.274 e. The molecule has 27 heavy (non-hydrogen) atoms. The van der Waals surface area contributed by atoms with Crippen molar-refractivity contribution < 1.29 is 4.79 Å². The van der Waals surface area contributed by atoms with Gasteiger partial charge in [-0.05, 0) is 35.7 Å². The lowest BCUT2D eigenvalue weighted by atomic mass is 10.1. The van der Waals surface area contributed by atoms with Crippen molar-refractivity contribution in [1.82, 2.24) is 20.2 Å². The normalized spacial score (nSPS) is 11.1. The Labute approximate surface area is 157 Å². The monoisotopic (exact) mass is 371 g/mol. The highest BCUT2D eigenvalue weighted by Gasteiger charge is 2.14. The Balaban J connectivity index is 1.60. The van der Waals surface area contributed by atoms with E-state index in [1.165, 1.54) is 16.4 Å². The van der Waals surface area contributed by atoms with Crippen molar-refractivity contribution in [3.63, 3.8) is 0 Å². The second kappa shape index (κ2) is 6.30. The number of benzene rings is 2. The Morgan fingerprint density at radius 3 is 2.85 bits per heavy atom. The van der Waals surface area contributed by atoms with Gasteiger partial charge in [0.1, 0.15) is 12.0 Å². The van der Waals surface area contributed by atoms with Gasteiger partial charge in [-0.3, -0.25) is 9.89 Å². The Hall–Kier alpha value is -3.58. The van der Waals surface area contributed by atoms with Crippen molar-refractivity contribution in [1.29, 1.82) is 0 Å². The van der Waals surface area contributed by atoms with Crippen molar-refractivity contribution in [3.8, 4) is 10.4 Å². The first-order valence-electron chi connectivity index (χ1n) is 8.31. The summed E-state index contributed by atoms with van der Waals surface area (Å²) in [6, 6.07) is 15.9. The summed E-state index contributed by atoms with van der Waals surface area (Å²) in [5.41, 5.74) is 2.96. The van der Waals surface area contributed by atoms with Crippen LogP contribution in [0, 0.1) is 0 Å². The molecule has 0 bridgehead atoms. The zero-order valence-electron chi connectivity index (χ0n) is 14.0. The van der Waals surface area contributed by atoms with Crippen LogP contribution in [-0.2, 0) is 0 Å². The molecule has 5 rings (SSSR count). The van der Waals surface area contributed by atoms with Crippen LogP contribution in [0.2, 0.25) is 0 Å². The summed E-state index contributed by atoms with van der Waals surface area (Å²) >= 11 is 1.71. The van der Waals surface area contributed by atoms with Gasteiger partial charge in [-0.2, -0.15) is 5.10 Å². The molecule has 0 atom stereocenters. The third kappa shape index (κ3) is 2.84. The number of nitrogens with zero attached hydrogens (tertiary/aromatic N) is 3. The van der Waals surface area contributed by atoms with Crippen molar-refractivity contribution in [3.05, 3.63) is 72.9 Å². The lowest BCUT2D eigenvalue weighted by Crippen LogP contribution is -2.13. The Kier molecular flexibility index (Phi) is 3.65. The molecule has 0 fully saturated rings. The van der Waals surface area contributed by atoms with Crippen LogP contribution in [0.25, 0.3) is 31.4 Å². The molecule has 0 aliphatic heterocycles. The zero-order chi connectivity index (χ0) is 18.2. The number of aromatic amines is 1. The van der Waals surface area contributed by atoms with Gasteiger partial charge in [0.25, 0.3) is 5.91 Å². The first kappa shape index (κ1) is 15.7. The summed E-state index contributed by atoms with van der Waals surface area (Å²) in [5.74, 6) is -0.275. The predicted octanol–water partition coefficient (Wildman–Crippen LogP) is 4.49. The van der Waals surface area contributed by atoms with Crippen molar-refractivity contribution in [2.75, 3.05) is 5.32 Å². The standard InChI is InChI=1S/C20H13N5OS/c26-20(16-5-6-21-11-22-16)24-14-7-13-10-23-25-19(13)15(9-14)18-8-12-3-1-2-4-17(12)27-18/h1-11H,(H,23,25)(H,24,26). The molecule has 0 aliphatic rings. The third-order valence-electron chi connectivity index (χ3n) is 4.31. The van der Waals surface area contributed by atoms with Crippen LogP contribution in [0.4, 0.5) is 5.69 Å². The molecule has 2 aromatic carbocycles. The van der Waals surface area contributed by atoms with Crippen molar-refractivity contribution >= 4 is 43.9 Å². The molecule has 0 saturated heterocycles. The van der Waals surface area contributed by atoms with Crippen LogP contribution in [0.15, 0.2) is 67.3 Å². The van der Waals surface area contributed by atoms with Crippen LogP contribution in [0.5, 0.6) is 0 Å². The molecule has 0 saturated carbocycles. The molecule has 3 aromatic heterocycles. The van der Waals surface area contributed by atoms with Gasteiger partial charge in [0, 0.05) is 32.4 Å². The predicted molar refractivity (Wildman–Crippen MR) is 107 cm³/mol. The number of anilines is 1. The Morgan fingerprint density at radius 2 is 2.00 bits per heavy atom. The summed E-state index contributed by atoms with van der Waals surface area (Å²) in [5, 5.41) is 12.3. The van der Waals surface area contributed by atoms with Gasteiger partial charge in [0.2, 0.25) is 0 Å². The minimum atomic E-state index is -0.275. The molecule has 3 heterocycles. The van der Waals surface area contributed by atoms with E-state index in [1.807, 2.05) is 24.3 Å². The Morgan fingerprint density at radius 1 is 1.07 bits per heavy atom. The van der Waals surface area contributed by atoms with E-state index < -0.39 is 0 Å². The number of hydrogen-bond donors (Lipinski definition) is 2. The number of carbonyl (C=O) groups excluding carboxylic acids is 1. The van der Waals surface area contributed by atoms with E-state index in [9.17, 15) is 4.79 Å². The van der Waals surface area contributed by atoms with Gasteiger partial charge in [0.15, 0.2) is 0 Å². The fourth-order valence-electron chi connectivity index (χ4n) is 3.06. The molecule has 6 nitrogen and oxygen atoms in total. The molecular weight excluding hydrogens is 358 g/mol. The molecule has 1 amide bonds. The van der Waals surface area contributed by atoms with E-state index >= 15 is 0 Å². The maximum absolute atomic E-state index is 12.5. The van der Waals surface area contributed by atoms with E-state index in [0.29, 0.717) is 11.4 Å². The zero-order valence-corrected chi connectivity index (χ0v) is 14.8. The first-order valence-corrected chi connectivity index (χ1v) is 9.13. The molecule has 0 radical (unpaired) electrons. The lowest BCUT2D eigenvalue weighted by Gasteiger charge is -2.08. The second-order valence-electron chi connectivity index (χ2n) is 6.06. The maximum Gasteiger partial charge on any atom is 0.274 e. The second-order valence-corrected chi connectivity index (χ2v) is 7.14. The summed E-state index contributed by atoms with van der Waals surface area (Å²) < 4.78 is 1.22. The molecule has 7 heteroatoms. The number of hydrogen-bond acceptors (Lipinski definition) is 5. The number of fused-ring (bicyclic) bond motifs is 2. The van der Waals surface area contributed by atoms with E-state index in [1.54, 1.807) is 29.8 Å². The summed E-state index contributed by atoms with van der Waals surface area (Å²) in [7, 11) is 0. The quantitative estimate of drug-likeness (QED) is 0.489. The highest BCUT2D eigenvalue weighted by molar-refractivity contribution is 7.22. The number of amides is 1. The molecule has 0 aliphatic carbocycles. The minimum Gasteiger partial charge on any atom is -0.321 e. The van der Waals surface area contributed by atoms with Crippen molar-refractivity contribution in [2.24, 2.45) is 0 Å². The van der Waals surface area contributed by atoms with Gasteiger partial charge in [0.05, 0.1) is 11.7 Å². The van der Waals surface area contributed by atoms with E-state index in [4.69, 9.17) is 0 Å². The number of H-pyrrole nitrogens is 1. The summed E-state index contributed by atoms with van der Waals surface area (Å²) in [6.45, 7) is 0. The highest BCUT2D eigenvalue weighted by Crippen LogP contribution is 2.38. The summed E-state index contributed by atoms with van der Waals surface area (Å²) in [4.78, 5) is 21.4. The minimum absolute atomic E-state index is 0.275. The fraction of sp³-hybridized carbons (Fsp3) is 0. The average Bonchev–Trinajstić information content (AvgIpc) is 3.34.